The van der Waals surface area contributed by atoms with Crippen molar-refractivity contribution in [3.05, 3.63) is 118 Å². The zero-order valence-electron chi connectivity index (χ0n) is 69.8. The van der Waals surface area contributed by atoms with E-state index in [0.717, 1.165) is 75.5 Å². The number of imidazole rings is 2. The third-order valence-electron chi connectivity index (χ3n) is 19.8. The van der Waals surface area contributed by atoms with Gasteiger partial charge in [-0.2, -0.15) is 9.13 Å². The van der Waals surface area contributed by atoms with E-state index in [1.165, 1.54) is 35.9 Å². The summed E-state index contributed by atoms with van der Waals surface area (Å²) >= 11 is 0. The molecule has 0 saturated carbocycles. The number of carbonyl (C=O) groups excluding carboxylic acids is 4. The van der Waals surface area contributed by atoms with E-state index in [-0.39, 0.29) is 85.1 Å². The minimum atomic E-state index is -6.21. The number of aromatic nitrogens is 10. The fourth-order valence-corrected chi connectivity index (χ4v) is 19.9. The summed E-state index contributed by atoms with van der Waals surface area (Å²) in [4.78, 5) is 181. The molecule has 4 aromatic carbocycles. The Hall–Kier alpha value is -10.1. The maximum absolute atomic E-state index is 13.1. The third kappa shape index (κ3) is 24.9. The molecule has 2 fully saturated rings. The molecule has 0 spiro atoms. The highest BCUT2D eigenvalue weighted by Gasteiger charge is 2.53. The van der Waals surface area contributed by atoms with E-state index in [0.29, 0.717) is 25.9 Å². The Labute approximate surface area is 725 Å². The molecule has 0 aliphatic carbocycles. The number of anilines is 6. The van der Waals surface area contributed by atoms with Crippen LogP contribution in [0.3, 0.4) is 0 Å². The smallest absolute Gasteiger partial charge is 0.478 e. The molecule has 0 bridgehead atoms. The summed E-state index contributed by atoms with van der Waals surface area (Å²) in [6.45, 7) is -1.66. The number of fused-ring (bicyclic) bond motifs is 6. The highest BCUT2D eigenvalue weighted by molar-refractivity contribution is 7.66. The Morgan fingerprint density at radius 1 is 0.492 bits per heavy atom. The van der Waals surface area contributed by atoms with E-state index in [2.05, 4.69) is 137 Å². The molecule has 8 heterocycles. The predicted molar refractivity (Wildman–Crippen MR) is 444 cm³/mol. The molecule has 696 valence electrons. The van der Waals surface area contributed by atoms with Gasteiger partial charge in [-0.3, -0.25) is 65.6 Å². The van der Waals surface area contributed by atoms with Crippen molar-refractivity contribution in [2.24, 2.45) is 14.1 Å². The lowest BCUT2D eigenvalue weighted by Gasteiger charge is -2.28. The SMILES string of the molecule is CN(C)c1ccc2cc3ccc(N(C)C)cc3[n+](CCCC(=O)NCCNC(=O)O[C@@H]3[C@H](O)[C@@H](COP(=O)(O)OP(=O)([O-])OP(=O)([O-])O)O[C@H]3[n+]3cn(C)c4c(=O)[nH]c(N)nc43)c2c1.CN(C)c1ccc2cc3ccc(N(C)C)cc3[n+](CCCC(=O)NCCNC(=O)O[C@H]3[C@@H](O)[C@H]([n+]4cn(C)c5c(=O)[nH]c(N)nc54)O[C@@H]3COP(=O)(O)OP(=O)([O-])OP(=O)([O-])O)c2c1. The summed E-state index contributed by atoms with van der Waals surface area (Å²) in [6, 6.07) is 29.1. The van der Waals surface area contributed by atoms with Crippen LogP contribution in [-0.2, 0) is 109 Å². The standard InChI is InChI=1S/2C35H47N10O16P3/c1-41(2)22-10-8-20-15-21-9-11-23(42(3)4)17-25(21)44(24(20)16-22)14-6-7-27(46)37-12-13-38-35(49)59-30-26(18-57-63(53,54)61-64(55,56)60-62(50,51)52)58-33(29(30)47)45-19-43(5)28-31(45)39-34(36)40-32(28)48;1-41(2)22-10-8-20-15-21-9-11-23(42(3)4)17-25(21)44(24(20)16-22)14-6-7-27(46)37-12-13-38-35(49)59-30-29(47)26(18-57-63(53,54)61-64(55,56)60-62(50,51)52)58-33(30)45-19-43(5)28-31(45)39-34(36)40-32(28)48/h2*8-11,15-17,19,26,29-30,33,47H,6-7,12-14,18H2,1-5H3,(H7-2,36,37,38,39,40,46,48,49,50,51,52,53,54,55,56)/t2*26-,29-,30-,33-/m11/s1. The quantitative estimate of drug-likeness (QED) is 0.00855. The van der Waals surface area contributed by atoms with Gasteiger partial charge in [0.25, 0.3) is 54.3 Å². The van der Waals surface area contributed by atoms with Crippen LogP contribution in [0.25, 0.3) is 65.9 Å². The Morgan fingerprint density at radius 2 is 0.828 bits per heavy atom. The number of rotatable bonds is 36. The van der Waals surface area contributed by atoms with Gasteiger partial charge in [0.15, 0.2) is 31.0 Å². The summed E-state index contributed by atoms with van der Waals surface area (Å²) in [5.41, 5.74) is 17.9. The largest absolute Gasteiger partial charge is 0.756 e. The molecule has 2 saturated heterocycles. The first-order chi connectivity index (χ1) is 59.8. The zero-order valence-corrected chi connectivity index (χ0v) is 75.2. The second-order valence-electron chi connectivity index (χ2n) is 30.0. The highest BCUT2D eigenvalue weighted by Crippen LogP contribution is 2.64. The zero-order chi connectivity index (χ0) is 93.8. The van der Waals surface area contributed by atoms with Gasteiger partial charge < -0.3 is 121 Å². The number of hydrogen-bond donors (Lipinski definition) is 14. The summed E-state index contributed by atoms with van der Waals surface area (Å²) < 4.78 is 125. The van der Waals surface area contributed by atoms with Crippen molar-refractivity contribution in [3.8, 4) is 0 Å². The Morgan fingerprint density at radius 3 is 1.19 bits per heavy atom. The van der Waals surface area contributed by atoms with Crippen LogP contribution in [0.15, 0.2) is 107 Å². The minimum absolute atomic E-state index is 0.0263. The molecule has 6 aromatic heterocycles. The molecule has 0 radical (unpaired) electrons. The van der Waals surface area contributed by atoms with Crippen LogP contribution in [0.1, 0.15) is 38.1 Å². The number of aromatic amines is 2. The van der Waals surface area contributed by atoms with Gasteiger partial charge in [0, 0.05) is 177 Å². The van der Waals surface area contributed by atoms with Gasteiger partial charge in [0.1, 0.15) is 31.4 Å². The number of pyridine rings is 2. The number of hydrogen-bond acceptors (Lipinski definition) is 36. The van der Waals surface area contributed by atoms with Crippen LogP contribution >= 0.6 is 46.9 Å². The van der Waals surface area contributed by atoms with Crippen molar-refractivity contribution in [2.75, 3.05) is 127 Å². The Bertz CT molecular complexity index is 6180. The molecule has 52 nitrogen and oxygen atoms in total. The monoisotopic (exact) mass is 1910 g/mol. The number of phosphoric acid groups is 6. The van der Waals surface area contributed by atoms with E-state index in [1.807, 2.05) is 100 Å². The molecule has 58 heteroatoms. The fourth-order valence-electron chi connectivity index (χ4n) is 14.0. The van der Waals surface area contributed by atoms with Gasteiger partial charge in [0.05, 0.1) is 27.3 Å². The Kier molecular flexibility index (Phi) is 30.8. The lowest BCUT2D eigenvalue weighted by molar-refractivity contribution is -0.746. The maximum atomic E-state index is 13.1. The number of aryl methyl sites for hydroxylation is 4. The number of H-pyrrole nitrogens is 2. The van der Waals surface area contributed by atoms with E-state index in [4.69, 9.17) is 40.2 Å². The van der Waals surface area contributed by atoms with Crippen LogP contribution in [0, 0.1) is 0 Å². The molecule has 6 unspecified atom stereocenters. The topological polar surface area (TPSA) is 707 Å². The van der Waals surface area contributed by atoms with Gasteiger partial charge >= 0.3 is 39.1 Å². The van der Waals surface area contributed by atoms with Gasteiger partial charge in [-0.05, 0) is 60.7 Å². The number of phosphoric ester groups is 2. The number of ether oxygens (including phenoxy) is 4. The van der Waals surface area contributed by atoms with Gasteiger partial charge in [0.2, 0.25) is 57.4 Å². The Balaban J connectivity index is 0.000000248. The predicted octanol–water partition coefficient (Wildman–Crippen LogP) is -2.23. The number of benzene rings is 4. The number of nitrogens with one attached hydrogen (secondary N) is 6. The number of carbonyl (C=O) groups is 4. The van der Waals surface area contributed by atoms with Gasteiger partial charge in [-0.1, -0.05) is 9.97 Å². The van der Waals surface area contributed by atoms with Crippen LogP contribution in [0.5, 0.6) is 0 Å². The number of alkyl carbamates (subject to hydrolysis) is 2. The molecule has 14 atom stereocenters. The lowest BCUT2D eigenvalue weighted by atomic mass is 10.1. The molecule has 10 aromatic rings. The van der Waals surface area contributed by atoms with Crippen LogP contribution in [-0.4, -0.2) is 215 Å². The van der Waals surface area contributed by atoms with Gasteiger partial charge in [-0.15, -0.1) is 0 Å². The van der Waals surface area contributed by atoms with Crippen molar-refractivity contribution >= 4 is 172 Å². The number of nitrogens with zero attached hydrogens (tertiary/aromatic N) is 12. The summed E-state index contributed by atoms with van der Waals surface area (Å²) in [6.07, 6.45) is -12.2. The number of aliphatic hydroxyl groups is 2. The first-order valence-corrected chi connectivity index (χ1v) is 47.3. The molecule has 128 heavy (non-hydrogen) atoms. The van der Waals surface area contributed by atoms with Crippen molar-refractivity contribution in [3.63, 3.8) is 0 Å². The molecular weight excluding hydrogens is 1820 g/mol. The normalized spacial score (nSPS) is 20.4. The van der Waals surface area contributed by atoms with Gasteiger partial charge in [-0.25, -0.2) is 45.1 Å². The van der Waals surface area contributed by atoms with E-state index in [9.17, 15) is 95.7 Å². The minimum Gasteiger partial charge on any atom is -0.756 e. The summed E-state index contributed by atoms with van der Waals surface area (Å²) in [5.74, 6) is -1.22. The van der Waals surface area contributed by atoms with E-state index in [1.54, 1.807) is 0 Å². The first-order valence-electron chi connectivity index (χ1n) is 38.4. The van der Waals surface area contributed by atoms with Crippen LogP contribution in [0.4, 0.5) is 44.2 Å². The summed E-state index contributed by atoms with van der Waals surface area (Å²) in [5, 5.41) is 37.1. The van der Waals surface area contributed by atoms with Crippen molar-refractivity contribution in [1.29, 1.82) is 0 Å². The highest BCUT2D eigenvalue weighted by atomic mass is 31.3. The second kappa shape index (κ2) is 40.1. The van der Waals surface area contributed by atoms with Crippen molar-refractivity contribution < 1.29 is 159 Å². The second-order valence-corrected chi connectivity index (χ2v) is 38.6. The number of nitrogens with two attached hydrogens (primary N) is 2. The van der Waals surface area contributed by atoms with Crippen LogP contribution in [0.2, 0.25) is 0 Å². The fraction of sp³-hybridized carbons (Fsp3) is 0.429. The molecule has 2 aliphatic rings. The third-order valence-corrected chi connectivity index (χ3v) is 27.2. The first kappa shape index (κ1) is 98.5. The van der Waals surface area contributed by atoms with E-state index >= 15 is 0 Å². The average molecular weight is 1910 g/mol. The number of nitrogen functional groups attached to an aromatic ring is 2. The molecular formula is C70H94N20O32P6. The molecule has 16 N–H and O–H groups in total. The summed E-state index contributed by atoms with van der Waals surface area (Å²) in [7, 11) is -17.3. The van der Waals surface area contributed by atoms with Crippen LogP contribution < -0.4 is 101 Å². The molecule has 4 amide bonds. The lowest BCUT2D eigenvalue weighted by Crippen LogP contribution is -2.49. The number of aliphatic hydroxyl groups excluding tert-OH is 2. The molecule has 2 aliphatic heterocycles. The maximum Gasteiger partial charge on any atom is 0.478 e. The number of amides is 4. The van der Waals surface area contributed by atoms with Crippen molar-refractivity contribution in [1.82, 2.24) is 50.3 Å². The average Bonchev–Trinajstić information content (AvgIpc) is 1.62. The molecule has 12 rings (SSSR count). The van der Waals surface area contributed by atoms with Crippen molar-refractivity contribution in [2.45, 2.75) is 87.9 Å². The van der Waals surface area contributed by atoms with E-state index < -0.39 is 133 Å².